The second-order valence-corrected chi connectivity index (χ2v) is 5.80. The van der Waals surface area contributed by atoms with Gasteiger partial charge in [-0.15, -0.1) is 0 Å². The number of fused-ring (bicyclic) bond motifs is 1. The SMILES string of the molecule is CCC(N1CC=CN1C)n1cc(-c2cc3cccnc3[nH]2)cn1. The zero-order chi connectivity index (χ0) is 15.8. The first-order valence-corrected chi connectivity index (χ1v) is 7.90. The topological polar surface area (TPSA) is 53.0 Å². The Kier molecular flexibility index (Phi) is 3.38. The number of aromatic amines is 1. The third kappa shape index (κ3) is 2.41. The van der Waals surface area contributed by atoms with Gasteiger partial charge in [-0.2, -0.15) is 10.1 Å². The van der Waals surface area contributed by atoms with Crippen LogP contribution >= 0.6 is 0 Å². The maximum Gasteiger partial charge on any atom is 0.137 e. The molecule has 1 N–H and O–H groups in total. The molecule has 0 fully saturated rings. The third-order valence-corrected chi connectivity index (χ3v) is 4.34. The van der Waals surface area contributed by atoms with Crippen molar-refractivity contribution in [3.05, 3.63) is 49.1 Å². The fraction of sp³-hybridized carbons (Fsp3) is 0.294. The molecule has 0 aliphatic carbocycles. The van der Waals surface area contributed by atoms with Crippen LogP contribution in [0.4, 0.5) is 0 Å². The van der Waals surface area contributed by atoms with Gasteiger partial charge in [-0.3, -0.25) is 4.68 Å². The molecule has 0 bridgehead atoms. The molecule has 6 heteroatoms. The average Bonchev–Trinajstić information content (AvgIpc) is 3.27. The number of hydrazine groups is 1. The van der Waals surface area contributed by atoms with E-state index < -0.39 is 0 Å². The molecule has 1 aliphatic heterocycles. The van der Waals surface area contributed by atoms with Crippen molar-refractivity contribution in [2.75, 3.05) is 13.6 Å². The molecule has 4 heterocycles. The van der Waals surface area contributed by atoms with Gasteiger partial charge in [0.15, 0.2) is 0 Å². The molecular formula is C17H20N6. The fourth-order valence-corrected chi connectivity index (χ4v) is 3.14. The van der Waals surface area contributed by atoms with Crippen LogP contribution in [-0.2, 0) is 0 Å². The maximum absolute atomic E-state index is 4.59. The molecule has 1 atom stereocenters. The normalized spacial score (nSPS) is 16.5. The largest absolute Gasteiger partial charge is 0.339 e. The molecule has 0 spiro atoms. The van der Waals surface area contributed by atoms with Crippen LogP contribution in [0.1, 0.15) is 19.5 Å². The molecule has 1 aliphatic rings. The van der Waals surface area contributed by atoms with Gasteiger partial charge in [0.05, 0.1) is 11.9 Å². The Balaban J connectivity index is 1.65. The van der Waals surface area contributed by atoms with Crippen LogP contribution in [0.5, 0.6) is 0 Å². The lowest BCUT2D eigenvalue weighted by Gasteiger charge is -2.33. The van der Waals surface area contributed by atoms with E-state index in [-0.39, 0.29) is 6.17 Å². The number of aromatic nitrogens is 4. The molecule has 3 aromatic rings. The summed E-state index contributed by atoms with van der Waals surface area (Å²) in [5.74, 6) is 0. The Morgan fingerprint density at radius 1 is 1.39 bits per heavy atom. The number of H-pyrrole nitrogens is 1. The van der Waals surface area contributed by atoms with E-state index in [9.17, 15) is 0 Å². The Morgan fingerprint density at radius 2 is 2.30 bits per heavy atom. The highest BCUT2D eigenvalue weighted by Gasteiger charge is 2.23. The fourth-order valence-electron chi connectivity index (χ4n) is 3.14. The number of hydrogen-bond acceptors (Lipinski definition) is 4. The van der Waals surface area contributed by atoms with Gasteiger partial charge in [-0.1, -0.05) is 13.0 Å². The van der Waals surface area contributed by atoms with Crippen molar-refractivity contribution < 1.29 is 0 Å². The summed E-state index contributed by atoms with van der Waals surface area (Å²) in [6.07, 6.45) is 11.3. The average molecular weight is 308 g/mol. The highest BCUT2D eigenvalue weighted by molar-refractivity contribution is 5.82. The van der Waals surface area contributed by atoms with E-state index in [1.165, 1.54) is 0 Å². The molecule has 23 heavy (non-hydrogen) atoms. The number of hydrogen-bond donors (Lipinski definition) is 1. The molecule has 0 saturated carbocycles. The zero-order valence-electron chi connectivity index (χ0n) is 13.3. The first-order chi connectivity index (χ1) is 11.3. The van der Waals surface area contributed by atoms with Gasteiger partial charge >= 0.3 is 0 Å². The lowest BCUT2D eigenvalue weighted by Crippen LogP contribution is -2.38. The summed E-state index contributed by atoms with van der Waals surface area (Å²) in [6.45, 7) is 3.10. The standard InChI is InChI=1S/C17H20N6/c1-3-16(23-9-5-8-21(23)2)22-12-14(11-19-22)15-10-13-6-4-7-18-17(13)20-15/h4-8,10-12,16H,3,9H2,1-2H3,(H,18,20). The summed E-state index contributed by atoms with van der Waals surface area (Å²) in [5.41, 5.74) is 3.04. The van der Waals surface area contributed by atoms with Gasteiger partial charge in [-0.25, -0.2) is 4.98 Å². The predicted molar refractivity (Wildman–Crippen MR) is 90.3 cm³/mol. The summed E-state index contributed by atoms with van der Waals surface area (Å²) < 4.78 is 2.04. The van der Waals surface area contributed by atoms with Crippen LogP contribution < -0.4 is 0 Å². The van der Waals surface area contributed by atoms with E-state index in [2.05, 4.69) is 69.7 Å². The van der Waals surface area contributed by atoms with Crippen molar-refractivity contribution in [2.45, 2.75) is 19.5 Å². The molecule has 0 saturated heterocycles. The van der Waals surface area contributed by atoms with Crippen molar-refractivity contribution in [3.63, 3.8) is 0 Å². The maximum atomic E-state index is 4.59. The molecule has 3 aromatic heterocycles. The van der Waals surface area contributed by atoms with Gasteiger partial charge in [0.2, 0.25) is 0 Å². The molecule has 0 aromatic carbocycles. The Morgan fingerprint density at radius 3 is 3.04 bits per heavy atom. The van der Waals surface area contributed by atoms with Crippen molar-refractivity contribution >= 4 is 11.0 Å². The van der Waals surface area contributed by atoms with E-state index in [1.807, 2.05) is 16.9 Å². The summed E-state index contributed by atoms with van der Waals surface area (Å²) in [5, 5.41) is 10.1. The Hall–Kier alpha value is -2.60. The van der Waals surface area contributed by atoms with Gasteiger partial charge in [-0.05, 0) is 24.6 Å². The van der Waals surface area contributed by atoms with Gasteiger partial charge in [0.1, 0.15) is 11.8 Å². The number of nitrogens with zero attached hydrogens (tertiary/aromatic N) is 5. The molecule has 118 valence electrons. The first kappa shape index (κ1) is 14.0. The number of rotatable bonds is 4. The highest BCUT2D eigenvalue weighted by atomic mass is 15.7. The molecule has 1 unspecified atom stereocenters. The van der Waals surface area contributed by atoms with Crippen molar-refractivity contribution in [3.8, 4) is 11.3 Å². The molecular weight excluding hydrogens is 288 g/mol. The molecule has 0 radical (unpaired) electrons. The Labute approximate surface area is 135 Å². The molecule has 6 nitrogen and oxygen atoms in total. The smallest absolute Gasteiger partial charge is 0.137 e. The van der Waals surface area contributed by atoms with Crippen molar-refractivity contribution in [2.24, 2.45) is 0 Å². The summed E-state index contributed by atoms with van der Waals surface area (Å²) in [6, 6.07) is 6.13. The zero-order valence-corrected chi connectivity index (χ0v) is 13.3. The van der Waals surface area contributed by atoms with Gasteiger partial charge in [0.25, 0.3) is 0 Å². The highest BCUT2D eigenvalue weighted by Crippen LogP contribution is 2.26. The van der Waals surface area contributed by atoms with Crippen LogP contribution in [0.2, 0.25) is 0 Å². The van der Waals surface area contributed by atoms with Crippen molar-refractivity contribution in [1.82, 2.24) is 29.8 Å². The second-order valence-electron chi connectivity index (χ2n) is 5.80. The minimum absolute atomic E-state index is 0.214. The molecule has 4 rings (SSSR count). The molecule has 0 amide bonds. The van der Waals surface area contributed by atoms with E-state index in [4.69, 9.17) is 0 Å². The third-order valence-electron chi connectivity index (χ3n) is 4.34. The van der Waals surface area contributed by atoms with Crippen LogP contribution in [-0.4, -0.2) is 43.4 Å². The van der Waals surface area contributed by atoms with Crippen LogP contribution in [0.15, 0.2) is 49.1 Å². The first-order valence-electron chi connectivity index (χ1n) is 7.90. The van der Waals surface area contributed by atoms with E-state index in [0.717, 1.165) is 35.3 Å². The van der Waals surface area contributed by atoms with E-state index >= 15 is 0 Å². The van der Waals surface area contributed by atoms with Crippen molar-refractivity contribution in [1.29, 1.82) is 0 Å². The monoisotopic (exact) mass is 308 g/mol. The second kappa shape index (κ2) is 5.55. The van der Waals surface area contributed by atoms with Gasteiger partial charge < -0.3 is 9.99 Å². The van der Waals surface area contributed by atoms with E-state index in [1.54, 1.807) is 6.20 Å². The minimum atomic E-state index is 0.214. The lowest BCUT2D eigenvalue weighted by atomic mass is 10.2. The van der Waals surface area contributed by atoms with Crippen LogP contribution in [0, 0.1) is 0 Å². The summed E-state index contributed by atoms with van der Waals surface area (Å²) >= 11 is 0. The van der Waals surface area contributed by atoms with Crippen LogP contribution in [0.25, 0.3) is 22.3 Å². The van der Waals surface area contributed by atoms with Crippen LogP contribution in [0.3, 0.4) is 0 Å². The predicted octanol–water partition coefficient (Wildman–Crippen LogP) is 3.01. The Bertz CT molecular complexity index is 813. The summed E-state index contributed by atoms with van der Waals surface area (Å²) in [7, 11) is 2.07. The number of pyridine rings is 1. The lowest BCUT2D eigenvalue weighted by molar-refractivity contribution is -0.0138. The number of nitrogens with one attached hydrogen (secondary N) is 1. The summed E-state index contributed by atoms with van der Waals surface area (Å²) in [4.78, 5) is 7.71. The quantitative estimate of drug-likeness (QED) is 0.805. The van der Waals surface area contributed by atoms with Gasteiger partial charge in [0, 0.05) is 43.1 Å². The minimum Gasteiger partial charge on any atom is -0.339 e. The van der Waals surface area contributed by atoms with E-state index in [0.29, 0.717) is 0 Å².